The van der Waals surface area contributed by atoms with Crippen molar-refractivity contribution < 1.29 is 0 Å². The first-order chi connectivity index (χ1) is 9.69. The molecule has 0 radical (unpaired) electrons. The van der Waals surface area contributed by atoms with E-state index in [1.54, 1.807) is 14.1 Å². The third-order valence-corrected chi connectivity index (χ3v) is 2.22. The number of rotatable bonds is 6. The molecule has 0 fully saturated rings. The fourth-order valence-corrected chi connectivity index (χ4v) is 1.26. The van der Waals surface area contributed by atoms with Crippen molar-refractivity contribution in [2.45, 2.75) is 40.5 Å². The maximum Gasteiger partial charge on any atom is 0.190 e. The van der Waals surface area contributed by atoms with E-state index in [0.29, 0.717) is 0 Å². The third kappa shape index (κ3) is 14.6. The zero-order chi connectivity index (χ0) is 15.6. The second kappa shape index (κ2) is 17.5. The molecule has 120 valence electrons. The van der Waals surface area contributed by atoms with Crippen LogP contribution in [0.1, 0.15) is 40.5 Å². The van der Waals surface area contributed by atoms with Gasteiger partial charge in [-0.25, -0.2) is 0 Å². The predicted octanol–water partition coefficient (Wildman–Crippen LogP) is 1.16. The first kappa shape index (κ1) is 20.8. The maximum atomic E-state index is 4.01. The van der Waals surface area contributed by atoms with Crippen LogP contribution < -0.4 is 21.3 Å². The van der Waals surface area contributed by atoms with Crippen LogP contribution in [0.5, 0.6) is 0 Å². The molecule has 20 heavy (non-hydrogen) atoms. The Hall–Kier alpha value is -1.46. The van der Waals surface area contributed by atoms with Crippen molar-refractivity contribution in [3.8, 4) is 0 Å². The van der Waals surface area contributed by atoms with Crippen molar-refractivity contribution in [3.63, 3.8) is 0 Å². The number of nitrogens with zero attached hydrogens (tertiary/aromatic N) is 2. The highest BCUT2D eigenvalue weighted by Crippen LogP contribution is 1.71. The van der Waals surface area contributed by atoms with Crippen molar-refractivity contribution in [2.75, 3.05) is 40.3 Å². The van der Waals surface area contributed by atoms with E-state index in [-0.39, 0.29) is 0 Å². The summed E-state index contributed by atoms with van der Waals surface area (Å²) in [4.78, 5) is 8.02. The summed E-state index contributed by atoms with van der Waals surface area (Å²) in [5.74, 6) is 1.79. The van der Waals surface area contributed by atoms with Crippen LogP contribution in [-0.4, -0.2) is 52.2 Å². The zero-order valence-corrected chi connectivity index (χ0v) is 14.1. The Balaban J connectivity index is 0. The molecule has 0 aliphatic heterocycles. The summed E-state index contributed by atoms with van der Waals surface area (Å²) in [6.07, 6.45) is 2.26. The second-order valence-corrected chi connectivity index (χ2v) is 4.06. The first-order valence-corrected chi connectivity index (χ1v) is 7.58. The number of hydrogen-bond acceptors (Lipinski definition) is 2. The van der Waals surface area contributed by atoms with E-state index >= 15 is 0 Å². The van der Waals surface area contributed by atoms with Gasteiger partial charge in [-0.1, -0.05) is 13.8 Å². The molecule has 0 aliphatic rings. The predicted molar refractivity (Wildman–Crippen MR) is 90.7 cm³/mol. The van der Waals surface area contributed by atoms with Gasteiger partial charge in [0.05, 0.1) is 0 Å². The van der Waals surface area contributed by atoms with E-state index in [4.69, 9.17) is 0 Å². The highest BCUT2D eigenvalue weighted by atomic mass is 15.2. The van der Waals surface area contributed by atoms with Gasteiger partial charge in [0.15, 0.2) is 11.9 Å². The second-order valence-electron chi connectivity index (χ2n) is 4.06. The molecule has 0 atom stereocenters. The van der Waals surface area contributed by atoms with Crippen molar-refractivity contribution in [2.24, 2.45) is 9.98 Å². The van der Waals surface area contributed by atoms with E-state index < -0.39 is 0 Å². The highest BCUT2D eigenvalue weighted by molar-refractivity contribution is 5.79. The molecule has 0 saturated heterocycles. The molecule has 0 amide bonds. The van der Waals surface area contributed by atoms with Gasteiger partial charge >= 0.3 is 0 Å². The number of guanidine groups is 2. The van der Waals surface area contributed by atoms with E-state index in [0.717, 1.165) is 50.9 Å². The molecule has 0 aliphatic carbocycles. The molecule has 6 heteroatoms. The molecular formula is C14H34N6. The minimum Gasteiger partial charge on any atom is -0.357 e. The SMILES string of the molecule is CCCNC(=NC)NCC.CCCNC(=NC)NCC. The summed E-state index contributed by atoms with van der Waals surface area (Å²) < 4.78 is 0. The molecule has 0 bridgehead atoms. The average Bonchev–Trinajstić information content (AvgIpc) is 2.48. The zero-order valence-electron chi connectivity index (χ0n) is 14.1. The average molecular weight is 286 g/mol. The Morgan fingerprint density at radius 3 is 1.20 bits per heavy atom. The van der Waals surface area contributed by atoms with Crippen molar-refractivity contribution in [3.05, 3.63) is 0 Å². The molecule has 0 aromatic rings. The summed E-state index contributed by atoms with van der Waals surface area (Å²) in [6, 6.07) is 0. The van der Waals surface area contributed by atoms with Crippen LogP contribution in [-0.2, 0) is 0 Å². The Labute approximate surface area is 124 Å². The van der Waals surface area contributed by atoms with Gasteiger partial charge in [0.1, 0.15) is 0 Å². The lowest BCUT2D eigenvalue weighted by molar-refractivity contribution is 0.794. The summed E-state index contributed by atoms with van der Waals surface area (Å²) in [5, 5.41) is 12.5. The van der Waals surface area contributed by atoms with E-state index in [1.165, 1.54) is 0 Å². The van der Waals surface area contributed by atoms with E-state index in [9.17, 15) is 0 Å². The van der Waals surface area contributed by atoms with Gasteiger partial charge in [0, 0.05) is 40.3 Å². The number of aliphatic imine (C=N–C) groups is 2. The normalized spacial score (nSPS) is 11.3. The highest BCUT2D eigenvalue weighted by Gasteiger charge is 1.90. The van der Waals surface area contributed by atoms with Gasteiger partial charge in [0.2, 0.25) is 0 Å². The summed E-state index contributed by atoms with van der Waals surface area (Å²) in [6.45, 7) is 12.2. The topological polar surface area (TPSA) is 72.8 Å². The van der Waals surface area contributed by atoms with Crippen LogP contribution in [0.2, 0.25) is 0 Å². The van der Waals surface area contributed by atoms with Crippen LogP contribution in [0, 0.1) is 0 Å². The van der Waals surface area contributed by atoms with Gasteiger partial charge in [0.25, 0.3) is 0 Å². The van der Waals surface area contributed by atoms with Gasteiger partial charge in [-0.2, -0.15) is 0 Å². The smallest absolute Gasteiger partial charge is 0.190 e. The van der Waals surface area contributed by atoms with Crippen LogP contribution >= 0.6 is 0 Å². The van der Waals surface area contributed by atoms with Crippen molar-refractivity contribution in [1.29, 1.82) is 0 Å². The lowest BCUT2D eigenvalue weighted by Gasteiger charge is -2.07. The summed E-state index contributed by atoms with van der Waals surface area (Å²) >= 11 is 0. The molecule has 0 aromatic heterocycles. The molecule has 0 aromatic carbocycles. The fourth-order valence-electron chi connectivity index (χ4n) is 1.26. The minimum atomic E-state index is 0.893. The number of hydrogen-bond donors (Lipinski definition) is 4. The Morgan fingerprint density at radius 1 is 0.650 bits per heavy atom. The van der Waals surface area contributed by atoms with Gasteiger partial charge in [-0.15, -0.1) is 0 Å². The third-order valence-electron chi connectivity index (χ3n) is 2.22. The molecule has 0 spiro atoms. The molecule has 4 N–H and O–H groups in total. The van der Waals surface area contributed by atoms with Gasteiger partial charge in [-0.3, -0.25) is 9.98 Å². The molecule has 0 heterocycles. The molecule has 0 unspecified atom stereocenters. The quantitative estimate of drug-likeness (QED) is 0.437. The Bertz CT molecular complexity index is 224. The fraction of sp³-hybridized carbons (Fsp3) is 0.857. The minimum absolute atomic E-state index is 0.893. The van der Waals surface area contributed by atoms with Crippen LogP contribution in [0.4, 0.5) is 0 Å². The van der Waals surface area contributed by atoms with Gasteiger partial charge in [-0.05, 0) is 26.7 Å². The lowest BCUT2D eigenvalue weighted by atomic mass is 10.5. The van der Waals surface area contributed by atoms with Gasteiger partial charge < -0.3 is 21.3 Å². The van der Waals surface area contributed by atoms with Crippen LogP contribution in [0.15, 0.2) is 9.98 Å². The summed E-state index contributed by atoms with van der Waals surface area (Å²) in [5.41, 5.74) is 0. The Kier molecular flexibility index (Phi) is 18.3. The molecule has 6 nitrogen and oxygen atoms in total. The maximum absolute atomic E-state index is 4.01. The van der Waals surface area contributed by atoms with E-state index in [1.807, 2.05) is 0 Å². The monoisotopic (exact) mass is 286 g/mol. The molecule has 0 saturated carbocycles. The lowest BCUT2D eigenvalue weighted by Crippen LogP contribution is -2.37. The standard InChI is InChI=1S/2C7H17N3/c2*1-4-6-10-7(8-3)9-5-2/h2*4-6H2,1-3H3,(H2,8,9,10). The summed E-state index contributed by atoms with van der Waals surface area (Å²) in [7, 11) is 3.56. The molecular weight excluding hydrogens is 252 g/mol. The largest absolute Gasteiger partial charge is 0.357 e. The number of nitrogens with one attached hydrogen (secondary N) is 4. The van der Waals surface area contributed by atoms with Crippen LogP contribution in [0.3, 0.4) is 0 Å². The molecule has 0 rings (SSSR count). The van der Waals surface area contributed by atoms with E-state index in [2.05, 4.69) is 58.9 Å². The van der Waals surface area contributed by atoms with Crippen LogP contribution in [0.25, 0.3) is 0 Å². The van der Waals surface area contributed by atoms with Crippen molar-refractivity contribution >= 4 is 11.9 Å². The van der Waals surface area contributed by atoms with Crippen molar-refractivity contribution in [1.82, 2.24) is 21.3 Å². The Morgan fingerprint density at radius 2 is 1.00 bits per heavy atom. The first-order valence-electron chi connectivity index (χ1n) is 7.58.